The van der Waals surface area contributed by atoms with Crippen LogP contribution in [0.1, 0.15) is 73.6 Å². The Balaban J connectivity index is 1.76. The average Bonchev–Trinajstić information content (AvgIpc) is 3.37. The van der Waals surface area contributed by atoms with Crippen molar-refractivity contribution in [2.24, 2.45) is 28.6 Å². The normalized spacial score (nSPS) is 32.6. The van der Waals surface area contributed by atoms with E-state index in [1.54, 1.807) is 31.4 Å². The largest absolute Gasteiger partial charge is 0.458 e. The molecule has 2 fully saturated rings. The molecule has 7 atom stereocenters. The molecule has 0 radical (unpaired) electrons. The van der Waals surface area contributed by atoms with E-state index in [1.807, 2.05) is 6.07 Å². The Morgan fingerprint density at radius 1 is 1.12 bits per heavy atom. The standard InChI is InChI=1S/C34H54O7SSi/c1-24-18-30(40-23-38-7)34(6)26(22-41-43(8,9)32(2,3)4)14-13-17-29(34)33(24,5)20-28(25-19-31(35)39-21-25)42(36,37)27-15-11-10-12-16-27/h10-12,15-16,19,24,26,28-30H,13-14,17-18,20-23H2,1-9H3/t24-,26+,28?,29-,30+,33+,34+/m1/s1. The zero-order valence-corrected chi connectivity index (χ0v) is 29.6. The molecule has 1 unspecified atom stereocenters. The molecule has 1 heterocycles. The summed E-state index contributed by atoms with van der Waals surface area (Å²) >= 11 is 0. The van der Waals surface area contributed by atoms with Crippen LogP contribution in [-0.2, 0) is 33.3 Å². The third kappa shape index (κ3) is 6.57. The zero-order valence-electron chi connectivity index (χ0n) is 27.8. The van der Waals surface area contributed by atoms with Gasteiger partial charge in [0.2, 0.25) is 0 Å². The fourth-order valence-corrected chi connectivity index (χ4v) is 10.9. The first-order chi connectivity index (χ1) is 20.0. The maximum atomic E-state index is 14.3. The number of benzene rings is 1. The first kappa shape index (κ1) is 34.4. The fourth-order valence-electron chi connectivity index (χ4n) is 7.91. The van der Waals surface area contributed by atoms with E-state index in [9.17, 15) is 13.2 Å². The highest BCUT2D eigenvalue weighted by atomic mass is 32.2. The number of hydrogen-bond donors (Lipinski definition) is 0. The molecule has 242 valence electrons. The minimum absolute atomic E-state index is 0.0184. The van der Waals surface area contributed by atoms with Crippen molar-refractivity contribution in [1.82, 2.24) is 0 Å². The van der Waals surface area contributed by atoms with Crippen LogP contribution in [0.3, 0.4) is 0 Å². The van der Waals surface area contributed by atoms with Gasteiger partial charge in [-0.2, -0.15) is 0 Å². The van der Waals surface area contributed by atoms with Gasteiger partial charge in [-0.05, 0) is 84.7 Å². The number of methoxy groups -OCH3 is 1. The first-order valence-electron chi connectivity index (χ1n) is 15.9. The van der Waals surface area contributed by atoms with Crippen molar-refractivity contribution in [2.75, 3.05) is 27.1 Å². The van der Waals surface area contributed by atoms with Crippen LogP contribution in [0.5, 0.6) is 0 Å². The van der Waals surface area contributed by atoms with Gasteiger partial charge in [-0.25, -0.2) is 13.2 Å². The SMILES string of the molecule is COCO[C@H]1C[C@@H](C)[C@](C)(CC(C2=CC(=O)OC2)S(=O)(=O)c2ccccc2)[C@H]2CCC[C@@H](CO[Si](C)(C)C(C)(C)C)[C@]12C. The number of esters is 1. The molecule has 0 N–H and O–H groups in total. The third-order valence-corrected chi connectivity index (χ3v) is 18.5. The zero-order chi connectivity index (χ0) is 31.8. The van der Waals surface area contributed by atoms with Crippen molar-refractivity contribution in [3.05, 3.63) is 42.0 Å². The van der Waals surface area contributed by atoms with Gasteiger partial charge in [-0.3, -0.25) is 0 Å². The summed E-state index contributed by atoms with van der Waals surface area (Å²) in [5.41, 5.74) is -0.0240. The van der Waals surface area contributed by atoms with Gasteiger partial charge in [0.15, 0.2) is 18.2 Å². The van der Waals surface area contributed by atoms with Crippen LogP contribution in [0.25, 0.3) is 0 Å². The second-order valence-electron chi connectivity index (χ2n) is 15.2. The number of carbonyl (C=O) groups excluding carboxylic acids is 1. The summed E-state index contributed by atoms with van der Waals surface area (Å²) in [7, 11) is -4.11. The smallest absolute Gasteiger partial charge is 0.331 e. The fraction of sp³-hybridized carbons (Fsp3) is 0.735. The topological polar surface area (TPSA) is 88.1 Å². The molecule has 0 saturated heterocycles. The van der Waals surface area contributed by atoms with Gasteiger partial charge in [-0.1, -0.05) is 66.2 Å². The van der Waals surface area contributed by atoms with Crippen LogP contribution >= 0.6 is 0 Å². The van der Waals surface area contributed by atoms with Gasteiger partial charge in [0.1, 0.15) is 13.4 Å². The van der Waals surface area contributed by atoms with Crippen molar-refractivity contribution in [1.29, 1.82) is 0 Å². The minimum atomic E-state index is -3.78. The molecule has 7 nitrogen and oxygen atoms in total. The number of hydrogen-bond acceptors (Lipinski definition) is 7. The number of sulfone groups is 1. The molecule has 0 amide bonds. The van der Waals surface area contributed by atoms with E-state index in [-0.39, 0.29) is 58.0 Å². The van der Waals surface area contributed by atoms with E-state index in [0.29, 0.717) is 18.6 Å². The molecule has 0 bridgehead atoms. The summed E-state index contributed by atoms with van der Waals surface area (Å²) < 4.78 is 52.7. The van der Waals surface area contributed by atoms with Crippen molar-refractivity contribution in [3.63, 3.8) is 0 Å². The monoisotopic (exact) mass is 634 g/mol. The molecular formula is C34H54O7SSi. The predicted octanol–water partition coefficient (Wildman–Crippen LogP) is 7.18. The molecule has 1 aliphatic heterocycles. The highest BCUT2D eigenvalue weighted by molar-refractivity contribution is 7.92. The molecular weight excluding hydrogens is 581 g/mol. The molecule has 0 aromatic heterocycles. The van der Waals surface area contributed by atoms with E-state index < -0.39 is 29.4 Å². The van der Waals surface area contributed by atoms with E-state index >= 15 is 0 Å². The Bertz CT molecular complexity index is 1270. The summed E-state index contributed by atoms with van der Waals surface area (Å²) in [5, 5.41) is -0.741. The van der Waals surface area contributed by atoms with Crippen molar-refractivity contribution < 1.29 is 31.8 Å². The predicted molar refractivity (Wildman–Crippen MR) is 172 cm³/mol. The summed E-state index contributed by atoms with van der Waals surface area (Å²) in [5.74, 6) is 0.177. The lowest BCUT2D eigenvalue weighted by molar-refractivity contribution is -0.224. The van der Waals surface area contributed by atoms with Crippen molar-refractivity contribution in [2.45, 2.75) is 108 Å². The molecule has 3 aliphatic rings. The van der Waals surface area contributed by atoms with Crippen LogP contribution < -0.4 is 0 Å². The third-order valence-electron chi connectivity index (χ3n) is 11.9. The molecule has 43 heavy (non-hydrogen) atoms. The molecule has 1 aromatic carbocycles. The van der Waals surface area contributed by atoms with Gasteiger partial charge >= 0.3 is 5.97 Å². The quantitative estimate of drug-likeness (QED) is 0.145. The number of cyclic esters (lactones) is 1. The maximum Gasteiger partial charge on any atom is 0.331 e. The summed E-state index contributed by atoms with van der Waals surface area (Å²) in [6, 6.07) is 8.63. The van der Waals surface area contributed by atoms with Crippen LogP contribution in [0.4, 0.5) is 0 Å². The Hall–Kier alpha value is -1.52. The van der Waals surface area contributed by atoms with E-state index in [0.717, 1.165) is 25.7 Å². The molecule has 2 aliphatic carbocycles. The van der Waals surface area contributed by atoms with Gasteiger partial charge in [0.25, 0.3) is 0 Å². The first-order valence-corrected chi connectivity index (χ1v) is 20.3. The highest BCUT2D eigenvalue weighted by Gasteiger charge is 2.62. The Kier molecular flexibility index (Phi) is 10.1. The summed E-state index contributed by atoms with van der Waals surface area (Å²) in [4.78, 5) is 12.5. The average molecular weight is 635 g/mol. The van der Waals surface area contributed by atoms with Crippen LogP contribution in [-0.4, -0.2) is 61.2 Å². The number of rotatable bonds is 11. The molecule has 4 rings (SSSR count). The van der Waals surface area contributed by atoms with Crippen LogP contribution in [0.2, 0.25) is 18.1 Å². The van der Waals surface area contributed by atoms with Gasteiger partial charge in [0, 0.05) is 25.2 Å². The second kappa shape index (κ2) is 12.7. The maximum absolute atomic E-state index is 14.3. The van der Waals surface area contributed by atoms with Crippen molar-refractivity contribution in [3.8, 4) is 0 Å². The lowest BCUT2D eigenvalue weighted by atomic mass is 9.43. The molecule has 9 heteroatoms. The molecule has 0 spiro atoms. The van der Waals surface area contributed by atoms with E-state index in [1.165, 1.54) is 6.08 Å². The Labute approximate surface area is 261 Å². The van der Waals surface area contributed by atoms with Crippen LogP contribution in [0.15, 0.2) is 46.9 Å². The van der Waals surface area contributed by atoms with E-state index in [4.69, 9.17) is 18.6 Å². The van der Waals surface area contributed by atoms with Crippen LogP contribution in [0, 0.1) is 28.6 Å². The number of carbonyl (C=O) groups is 1. The van der Waals surface area contributed by atoms with Gasteiger partial charge < -0.3 is 18.6 Å². The number of ether oxygens (including phenoxy) is 3. The Morgan fingerprint density at radius 2 is 1.79 bits per heavy atom. The lowest BCUT2D eigenvalue weighted by Gasteiger charge is -2.64. The highest BCUT2D eigenvalue weighted by Crippen LogP contribution is 2.64. The van der Waals surface area contributed by atoms with Gasteiger partial charge in [0.05, 0.1) is 16.2 Å². The lowest BCUT2D eigenvalue weighted by Crippen LogP contribution is -2.62. The van der Waals surface area contributed by atoms with E-state index in [2.05, 4.69) is 54.6 Å². The van der Waals surface area contributed by atoms with Crippen molar-refractivity contribution >= 4 is 24.1 Å². The minimum Gasteiger partial charge on any atom is -0.458 e. The molecule has 2 saturated carbocycles. The number of fused-ring (bicyclic) bond motifs is 1. The summed E-state index contributed by atoms with van der Waals surface area (Å²) in [6.07, 6.45) is 5.70. The Morgan fingerprint density at radius 3 is 2.37 bits per heavy atom. The summed E-state index contributed by atoms with van der Waals surface area (Å²) in [6.45, 7) is 19.2. The molecule has 1 aromatic rings. The van der Waals surface area contributed by atoms with Gasteiger partial charge in [-0.15, -0.1) is 0 Å². The second-order valence-corrected chi connectivity index (χ2v) is 22.1.